The fourth-order valence-corrected chi connectivity index (χ4v) is 8.80. The number of nitrogens with two attached hydrogens (primary N) is 1. The van der Waals surface area contributed by atoms with Crippen molar-refractivity contribution in [3.63, 3.8) is 0 Å². The van der Waals surface area contributed by atoms with E-state index in [1.807, 2.05) is 0 Å². The molecule has 0 saturated carbocycles. The lowest BCUT2D eigenvalue weighted by molar-refractivity contribution is -0.146. The number of benzene rings is 1. The minimum absolute atomic E-state index is 0.0397. The molecule has 2 saturated heterocycles. The SMILES string of the molecule is CC[C@H](C)[C@H]1NC(=O)[C@H](CC(=O)O)NC(=O)[C@H](CC(=O)O)NC(=O)CNC(=O)[C@@H]2CCCN2C(=O)[C@H](CC(=O)O)NC(=O)[C@H](Cc2ccc(O)cc2)NC(=O)[C@@H]([C@@H](C)CC)NC(=O)[C@H](CCC(=O)O)NC(=O)[C@H](CCCCN)NC1=O. The van der Waals surface area contributed by atoms with Crippen molar-refractivity contribution in [1.29, 1.82) is 0 Å². The summed E-state index contributed by atoms with van der Waals surface area (Å²) in [5, 5.41) is 70.3. The van der Waals surface area contributed by atoms with E-state index in [2.05, 4.69) is 47.9 Å². The van der Waals surface area contributed by atoms with Crippen LogP contribution in [0.15, 0.2) is 24.3 Å². The Labute approximate surface area is 465 Å². The highest BCUT2D eigenvalue weighted by atomic mass is 16.4. The number of nitrogens with one attached hydrogen (secondary N) is 9. The molecule has 10 amide bonds. The van der Waals surface area contributed by atoms with Crippen molar-refractivity contribution in [1.82, 2.24) is 52.8 Å². The van der Waals surface area contributed by atoms with Crippen LogP contribution < -0.4 is 53.6 Å². The lowest BCUT2D eigenvalue weighted by Crippen LogP contribution is -2.62. The fraction of sp³-hybridized carbons (Fsp3) is 0.608. The number of rotatable bonds is 19. The number of unbranched alkanes of at least 4 members (excludes halogenated alkanes) is 1. The van der Waals surface area contributed by atoms with Gasteiger partial charge in [0.15, 0.2) is 0 Å². The molecule has 2 aliphatic rings. The molecule has 1 aromatic rings. The zero-order valence-corrected chi connectivity index (χ0v) is 45.5. The number of carboxylic acids is 4. The Hall–Kier alpha value is -8.44. The Morgan fingerprint density at radius 3 is 1.53 bits per heavy atom. The highest BCUT2D eigenvalue weighted by Crippen LogP contribution is 2.21. The maximum Gasteiger partial charge on any atom is 0.305 e. The van der Waals surface area contributed by atoms with Crippen LogP contribution in [0, 0.1) is 11.8 Å². The Kier molecular flexibility index (Phi) is 26.9. The molecule has 30 nitrogen and oxygen atoms in total. The topological polar surface area (TPSA) is 478 Å². The number of carboxylic acid groups (broad SMARTS) is 4. The lowest BCUT2D eigenvalue weighted by atomic mass is 9.96. The van der Waals surface area contributed by atoms with Gasteiger partial charge in [-0.15, -0.1) is 0 Å². The Balaban J connectivity index is 2.24. The molecule has 11 atom stereocenters. The van der Waals surface area contributed by atoms with E-state index in [9.17, 15) is 92.7 Å². The fourth-order valence-electron chi connectivity index (χ4n) is 8.80. The summed E-state index contributed by atoms with van der Waals surface area (Å²) in [6, 6.07) is -10.0. The number of aliphatic carboxylic acids is 4. The van der Waals surface area contributed by atoms with Crippen LogP contribution in [0.1, 0.15) is 110 Å². The molecule has 0 radical (unpaired) electrons. The predicted octanol–water partition coefficient (Wildman–Crippen LogP) is -3.56. The summed E-state index contributed by atoms with van der Waals surface area (Å²) in [4.78, 5) is 189. The normalized spacial score (nSPS) is 25.3. The number of fused-ring (bicyclic) bond motifs is 1. The van der Waals surface area contributed by atoms with E-state index in [0.29, 0.717) is 12.0 Å². The summed E-state index contributed by atoms with van der Waals surface area (Å²) in [6.07, 6.45) is -4.14. The van der Waals surface area contributed by atoms with E-state index in [-0.39, 0.29) is 63.8 Å². The maximum atomic E-state index is 14.5. The third-order valence-electron chi connectivity index (χ3n) is 13.8. The Morgan fingerprint density at radius 1 is 0.556 bits per heavy atom. The van der Waals surface area contributed by atoms with Crippen LogP contribution in [-0.2, 0) is 73.5 Å². The predicted molar refractivity (Wildman–Crippen MR) is 280 cm³/mol. The number of aromatic hydroxyl groups is 1. The molecule has 16 N–H and O–H groups in total. The van der Waals surface area contributed by atoms with Crippen molar-refractivity contribution in [3.05, 3.63) is 29.8 Å². The van der Waals surface area contributed by atoms with Crippen LogP contribution in [-0.4, -0.2) is 187 Å². The van der Waals surface area contributed by atoms with Gasteiger partial charge in [-0.1, -0.05) is 52.7 Å². The zero-order valence-electron chi connectivity index (χ0n) is 45.5. The van der Waals surface area contributed by atoms with Crippen molar-refractivity contribution in [2.45, 2.75) is 166 Å². The summed E-state index contributed by atoms with van der Waals surface area (Å²) in [7, 11) is 0. The molecular formula is C51H75N11O19. The van der Waals surface area contributed by atoms with Gasteiger partial charge >= 0.3 is 23.9 Å². The zero-order chi connectivity index (χ0) is 60.7. The number of amides is 10. The first-order chi connectivity index (χ1) is 38.2. The lowest BCUT2D eigenvalue weighted by Gasteiger charge is -2.31. The number of phenolic OH excluding ortho intramolecular Hbond substituents is 1. The van der Waals surface area contributed by atoms with Crippen LogP contribution in [0.5, 0.6) is 5.75 Å². The molecule has 1 aromatic carbocycles. The molecule has 0 aliphatic carbocycles. The minimum atomic E-state index is -2.04. The summed E-state index contributed by atoms with van der Waals surface area (Å²) >= 11 is 0. The first kappa shape index (κ1) is 66.8. The second-order valence-electron chi connectivity index (χ2n) is 20.0. The van der Waals surface area contributed by atoms with Gasteiger partial charge in [-0.25, -0.2) is 0 Å². The van der Waals surface area contributed by atoms with E-state index >= 15 is 0 Å². The molecule has 2 aliphatic heterocycles. The maximum absolute atomic E-state index is 14.5. The monoisotopic (exact) mass is 1150 g/mol. The molecule has 0 unspecified atom stereocenters. The van der Waals surface area contributed by atoms with Gasteiger partial charge in [0.1, 0.15) is 60.1 Å². The number of nitrogens with zero attached hydrogens (tertiary/aromatic N) is 1. The van der Waals surface area contributed by atoms with Crippen molar-refractivity contribution in [2.24, 2.45) is 17.6 Å². The highest BCUT2D eigenvalue weighted by Gasteiger charge is 2.41. The Bertz CT molecular complexity index is 2480. The van der Waals surface area contributed by atoms with E-state index in [1.165, 1.54) is 31.2 Å². The average Bonchev–Trinajstić information content (AvgIpc) is 3.96. The quantitative estimate of drug-likeness (QED) is 0.0596. The van der Waals surface area contributed by atoms with Crippen LogP contribution in [0.4, 0.5) is 0 Å². The largest absolute Gasteiger partial charge is 0.508 e. The van der Waals surface area contributed by atoms with E-state index in [0.717, 1.165) is 4.90 Å². The molecule has 2 heterocycles. The van der Waals surface area contributed by atoms with Gasteiger partial charge in [0, 0.05) is 19.4 Å². The number of hydrogen-bond acceptors (Lipinski definition) is 16. The first-order valence-corrected chi connectivity index (χ1v) is 26.5. The van der Waals surface area contributed by atoms with Crippen molar-refractivity contribution in [3.8, 4) is 5.75 Å². The summed E-state index contributed by atoms with van der Waals surface area (Å²) < 4.78 is 0. The number of carbonyl (C=O) groups is 14. The van der Waals surface area contributed by atoms with E-state index in [1.54, 1.807) is 20.8 Å². The Morgan fingerprint density at radius 2 is 1.00 bits per heavy atom. The smallest absolute Gasteiger partial charge is 0.305 e. The molecule has 2 fully saturated rings. The van der Waals surface area contributed by atoms with Gasteiger partial charge in [0.2, 0.25) is 59.1 Å². The van der Waals surface area contributed by atoms with Crippen LogP contribution in [0.2, 0.25) is 0 Å². The third-order valence-corrected chi connectivity index (χ3v) is 13.8. The molecule has 0 spiro atoms. The van der Waals surface area contributed by atoms with Gasteiger partial charge in [0.05, 0.1) is 25.8 Å². The standard InChI is InChI=1S/C51H75N11O19/c1-5-25(3)41-49(79)56-29(10-7-8-18-52)43(73)55-30(16-17-37(65)66)44(74)60-42(26(4)6-2)50(80)58-31(20-27-12-14-28(63)15-13-27)45(75)59-34(23-40(71)72)51(81)62-19-9-11-35(62)48(78)53-24-36(64)54-32(21-38(67)68)46(76)57-33(22-39(69)70)47(77)61-41/h12-15,25-26,29-35,41-42,63H,5-11,16-24,52H2,1-4H3,(H,53,78)(H,54,64)(H,55,73)(H,56,79)(H,57,76)(H,58,80)(H,59,75)(H,60,74)(H,61,77)(H,65,66)(H,67,68)(H,69,70)(H,71,72)/t25-,26-,29-,30-,31-,32-,33-,34-,35-,41+,42+/m0/s1. The first-order valence-electron chi connectivity index (χ1n) is 26.5. The molecule has 0 aromatic heterocycles. The number of phenols is 1. The van der Waals surface area contributed by atoms with Crippen molar-refractivity contribution in [2.75, 3.05) is 19.6 Å². The van der Waals surface area contributed by atoms with Gasteiger partial charge in [0.25, 0.3) is 0 Å². The highest BCUT2D eigenvalue weighted by molar-refractivity contribution is 6.01. The van der Waals surface area contributed by atoms with Gasteiger partial charge in [-0.05, 0) is 74.6 Å². The van der Waals surface area contributed by atoms with E-state index < -0.39 is 188 Å². The van der Waals surface area contributed by atoms with Crippen LogP contribution in [0.3, 0.4) is 0 Å². The molecular weight excluding hydrogens is 1070 g/mol. The molecule has 3 rings (SSSR count). The van der Waals surface area contributed by atoms with Crippen LogP contribution >= 0.6 is 0 Å². The van der Waals surface area contributed by atoms with Crippen molar-refractivity contribution >= 4 is 82.9 Å². The summed E-state index contributed by atoms with van der Waals surface area (Å²) in [5.74, 6) is -19.2. The molecule has 81 heavy (non-hydrogen) atoms. The number of hydrogen-bond donors (Lipinski definition) is 15. The summed E-state index contributed by atoms with van der Waals surface area (Å²) in [6.45, 7) is 5.37. The van der Waals surface area contributed by atoms with Gasteiger partial charge < -0.3 is 84.0 Å². The average molecular weight is 1150 g/mol. The second-order valence-corrected chi connectivity index (χ2v) is 20.0. The van der Waals surface area contributed by atoms with Crippen LogP contribution in [0.25, 0.3) is 0 Å². The van der Waals surface area contributed by atoms with Gasteiger partial charge in [-0.3, -0.25) is 67.1 Å². The van der Waals surface area contributed by atoms with E-state index in [4.69, 9.17) is 5.73 Å². The minimum Gasteiger partial charge on any atom is -0.508 e. The molecule has 0 bridgehead atoms. The molecule has 30 heteroatoms. The second kappa shape index (κ2) is 32.6. The molecule has 448 valence electrons. The third kappa shape index (κ3) is 21.6. The van der Waals surface area contributed by atoms with Gasteiger partial charge in [-0.2, -0.15) is 0 Å². The number of carbonyl (C=O) groups excluding carboxylic acids is 10. The summed E-state index contributed by atoms with van der Waals surface area (Å²) in [5.41, 5.74) is 6.04. The van der Waals surface area contributed by atoms with Crippen molar-refractivity contribution < 1.29 is 92.7 Å².